The molecule has 0 amide bonds. The van der Waals surface area contributed by atoms with Crippen LogP contribution in [0.3, 0.4) is 0 Å². The number of aromatic nitrogens is 8. The average molecular weight is 1650 g/mol. The van der Waals surface area contributed by atoms with Crippen LogP contribution in [0.25, 0.3) is 193 Å². The molecule has 17 heteroatoms. The van der Waals surface area contributed by atoms with Gasteiger partial charge < -0.3 is 0 Å². The third kappa shape index (κ3) is 10.5. The molecule has 0 radical (unpaired) electrons. The monoisotopic (exact) mass is 1650 g/mol. The van der Waals surface area contributed by atoms with E-state index in [2.05, 4.69) is 380 Å². The van der Waals surface area contributed by atoms with Crippen molar-refractivity contribution in [1.82, 2.24) is 36.5 Å². The summed E-state index contributed by atoms with van der Waals surface area (Å²) in [4.78, 5) is 0. The van der Waals surface area contributed by atoms with Crippen LogP contribution in [0.4, 0.5) is 0 Å². The molecule has 0 atom stereocenters. The van der Waals surface area contributed by atoms with Crippen LogP contribution >= 0.6 is 45.3 Å². The van der Waals surface area contributed by atoms with Gasteiger partial charge in [-0.05, 0) is 0 Å². The van der Waals surface area contributed by atoms with Crippen molar-refractivity contribution >= 4 is 247 Å². The van der Waals surface area contributed by atoms with Crippen LogP contribution in [0.2, 0.25) is 0 Å². The number of aryl methyl sites for hydroxylation is 4. The van der Waals surface area contributed by atoms with Gasteiger partial charge in [0.2, 0.25) is 0 Å². The molecular formula is C100H68GeN8O4S4. The number of nitrogens with zero attached hydrogens (tertiary/aromatic N) is 8. The van der Waals surface area contributed by atoms with Gasteiger partial charge in [0.15, 0.2) is 0 Å². The van der Waals surface area contributed by atoms with Gasteiger partial charge >= 0.3 is 667 Å². The fourth-order valence-electron chi connectivity index (χ4n) is 18.3. The van der Waals surface area contributed by atoms with Gasteiger partial charge in [-0.25, -0.2) is 0 Å². The van der Waals surface area contributed by atoms with Crippen molar-refractivity contribution in [3.63, 3.8) is 0 Å². The summed E-state index contributed by atoms with van der Waals surface area (Å²) < 4.78 is 59.6. The van der Waals surface area contributed by atoms with Gasteiger partial charge in [-0.1, -0.05) is 24.3 Å². The predicted molar refractivity (Wildman–Crippen MR) is 494 cm³/mol. The first-order valence-electron chi connectivity index (χ1n) is 39.1. The van der Waals surface area contributed by atoms with E-state index in [9.17, 15) is 0 Å². The summed E-state index contributed by atoms with van der Waals surface area (Å²) in [7, 11) is 8.68. The zero-order valence-electron chi connectivity index (χ0n) is 63.7. The van der Waals surface area contributed by atoms with E-state index >= 15 is 0 Å². The van der Waals surface area contributed by atoms with Crippen molar-refractivity contribution in [3.05, 3.63) is 340 Å². The minimum absolute atomic E-state index is 0.846. The van der Waals surface area contributed by atoms with Crippen LogP contribution < -0.4 is 17.6 Å². The molecule has 0 aliphatic heterocycles. The molecule has 0 unspecified atom stereocenters. The summed E-state index contributed by atoms with van der Waals surface area (Å²) in [5.41, 5.74) is 28.3. The average Bonchev–Trinajstić information content (AvgIpc) is 0.713. The Hall–Kier alpha value is -13.5. The molecular weight excluding hydrogens is 1580 g/mol. The summed E-state index contributed by atoms with van der Waals surface area (Å²) in [5.74, 6) is 0. The molecule has 8 heterocycles. The second kappa shape index (κ2) is 26.3. The van der Waals surface area contributed by atoms with Gasteiger partial charge in [0.05, 0.1) is 0 Å². The molecule has 0 aliphatic rings. The van der Waals surface area contributed by atoms with Crippen LogP contribution in [0, 0.1) is 0 Å². The molecule has 24 rings (SSSR count). The van der Waals surface area contributed by atoms with Gasteiger partial charge in [0.1, 0.15) is 0 Å². The second-order valence-corrected chi connectivity index (χ2v) is 42.6. The molecule has 0 spiro atoms. The Balaban J connectivity index is 0.774. The Morgan fingerprint density at radius 2 is 0.376 bits per heavy atom. The van der Waals surface area contributed by atoms with Crippen molar-refractivity contribution in [1.29, 1.82) is 0 Å². The molecule has 24 aromatic rings. The van der Waals surface area contributed by atoms with Gasteiger partial charge in [0.25, 0.3) is 0 Å². The molecule has 117 heavy (non-hydrogen) atoms. The van der Waals surface area contributed by atoms with E-state index in [1.54, 1.807) is 45.3 Å². The van der Waals surface area contributed by atoms with E-state index in [-0.39, 0.29) is 0 Å². The number of fused-ring (bicyclic) bond motifs is 16. The Morgan fingerprint density at radius 3 is 0.598 bits per heavy atom. The number of hydrogen-bond acceptors (Lipinski definition) is 8. The molecule has 0 saturated heterocycles. The third-order valence-corrected chi connectivity index (χ3v) is 38.3. The van der Waals surface area contributed by atoms with Crippen molar-refractivity contribution in [2.24, 2.45) is 28.2 Å². The molecule has 0 N–H and O–H groups in total. The zero-order valence-corrected chi connectivity index (χ0v) is 69.0. The molecule has 8 aromatic heterocycles. The van der Waals surface area contributed by atoms with Crippen molar-refractivity contribution < 1.29 is 17.7 Å². The Kier molecular flexibility index (Phi) is 15.3. The van der Waals surface area contributed by atoms with Gasteiger partial charge in [-0.3, -0.25) is 0 Å². The molecule has 0 saturated carbocycles. The first-order chi connectivity index (χ1) is 57.6. The van der Waals surface area contributed by atoms with Crippen LogP contribution in [-0.2, 0) is 28.2 Å². The van der Waals surface area contributed by atoms with Gasteiger partial charge in [-0.15, -0.1) is 0 Å². The van der Waals surface area contributed by atoms with Crippen molar-refractivity contribution in [3.8, 4) is 22.7 Å². The summed E-state index contributed by atoms with van der Waals surface area (Å²) in [6.07, 6.45) is 0. The van der Waals surface area contributed by atoms with Crippen LogP contribution in [0.1, 0.15) is 0 Å². The standard InChI is InChI=1S/C100H68GeN8O4S4/c1-102-69-21-5-9-25-73(69)106(81-57-97-89(53-77(81)102)110-85-29-13-17-33-93(85)114-97)65-45-37-61(38-46-65)101(62-39-47-66(48-40-62)107-74-26-10-6-22-70(74)103(2)78-54-90-98(58-82(78)107)115-94-34-18-14-30-86(94)111-90,63-41-49-67(50-42-63)108-75-27-11-7-23-71(75)104(3)79-55-91-99(59-83(79)108)116-95-35-19-15-31-87(95)112-91)64-43-51-68(52-44-64)109-76-28-12-8-24-72(76)105(4)80-56-92-100(60-84(80)109)117-96-36-20-16-32-88(96)113-92/h5-60H,1-4H3. The van der Waals surface area contributed by atoms with Crippen LogP contribution in [-0.4, -0.2) is 49.8 Å². The number of hydrogen-bond donors (Lipinski definition) is 0. The second-order valence-electron chi connectivity index (χ2n) is 30.2. The molecule has 16 aromatic carbocycles. The minimum atomic E-state index is -4.51. The van der Waals surface area contributed by atoms with E-state index in [0.29, 0.717) is 0 Å². The Morgan fingerprint density at radius 1 is 0.179 bits per heavy atom. The van der Waals surface area contributed by atoms with E-state index in [1.165, 1.54) is 17.6 Å². The summed E-state index contributed by atoms with van der Waals surface area (Å²) >= 11 is 2.52. The van der Waals surface area contributed by atoms with Crippen molar-refractivity contribution in [2.45, 2.75) is 0 Å². The quantitative estimate of drug-likeness (QED) is 0.112. The van der Waals surface area contributed by atoms with Crippen LogP contribution in [0.5, 0.6) is 0 Å². The molecule has 0 aliphatic carbocycles. The summed E-state index contributed by atoms with van der Waals surface area (Å²) in [6.45, 7) is 0. The fourth-order valence-corrected chi connectivity index (χ4v) is 32.0. The Bertz CT molecular complexity index is 7530. The number of rotatable bonds is 8. The molecule has 12 nitrogen and oxygen atoms in total. The fraction of sp³-hybridized carbons (Fsp3) is 0.0400. The topological polar surface area (TPSA) is 92.0 Å². The van der Waals surface area contributed by atoms with E-state index in [4.69, 9.17) is 17.7 Å². The number of para-hydroxylation sites is 12. The first-order valence-corrected chi connectivity index (χ1v) is 46.5. The maximum atomic E-state index is 6.73. The normalized spacial score (nSPS) is 12.3. The van der Waals surface area contributed by atoms with E-state index in [1.807, 2.05) is 24.3 Å². The van der Waals surface area contributed by atoms with Gasteiger partial charge in [-0.2, -0.15) is 0 Å². The summed E-state index contributed by atoms with van der Waals surface area (Å²) in [5, 5.41) is 0. The van der Waals surface area contributed by atoms with E-state index in [0.717, 1.165) is 193 Å². The molecule has 0 bridgehead atoms. The van der Waals surface area contributed by atoms with Crippen molar-refractivity contribution in [2.75, 3.05) is 0 Å². The van der Waals surface area contributed by atoms with Crippen LogP contribution in [0.15, 0.2) is 357 Å². The first kappa shape index (κ1) is 68.0. The summed E-state index contributed by atoms with van der Waals surface area (Å²) in [6, 6.07) is 125. The van der Waals surface area contributed by atoms with Gasteiger partial charge in [0, 0.05) is 0 Å². The predicted octanol–water partition coefficient (Wildman–Crippen LogP) is 25.1. The third-order valence-electron chi connectivity index (χ3n) is 23.9. The Labute approximate surface area is 686 Å². The number of benzene rings is 16. The SMILES string of the molecule is Cn1c2ccccc2n(-c2cc[c]([Ge]([c]3ccc(-n4c5ccccc5n(C)c5cc6oc7ccccc7sc6cc54)cc3)([c]3ccc(-n4c5ccccc5n(C)c5cc6oc7ccccc7sc6cc54)cc3)[c]3ccc(-n4c5ccccc5n(C)c5cc6oc7ccccc7sc6cc54)cc3)cc2)c2cc3sc4ccccc4oc3cc21. The van der Waals surface area contributed by atoms with E-state index < -0.39 is 13.3 Å². The maximum absolute atomic E-state index is 6.73. The molecule has 560 valence electrons. The molecule has 0 fully saturated rings. The zero-order chi connectivity index (χ0) is 77.5.